The summed E-state index contributed by atoms with van der Waals surface area (Å²) in [6.07, 6.45) is 2.67. The van der Waals surface area contributed by atoms with E-state index < -0.39 is 0 Å². The maximum absolute atomic E-state index is 8.71. The molecule has 0 bridgehead atoms. The van der Waals surface area contributed by atoms with E-state index >= 15 is 0 Å². The second kappa shape index (κ2) is 5.82. The summed E-state index contributed by atoms with van der Waals surface area (Å²) in [5, 5.41) is 11.7. The molecule has 1 aliphatic rings. The summed E-state index contributed by atoms with van der Waals surface area (Å²) in [7, 11) is 0. The third-order valence-electron chi connectivity index (χ3n) is 3.44. The maximum atomic E-state index is 8.71. The van der Waals surface area contributed by atoms with Crippen LogP contribution in [-0.4, -0.2) is 23.6 Å². The van der Waals surface area contributed by atoms with Crippen molar-refractivity contribution in [1.82, 2.24) is 0 Å². The monoisotopic (exact) mass is 325 g/mol. The quantitative estimate of drug-likeness (QED) is 0.378. The van der Waals surface area contributed by atoms with Gasteiger partial charge in [0.05, 0.1) is 5.69 Å². The molecule has 1 aliphatic carbocycles. The van der Waals surface area contributed by atoms with Crippen LogP contribution in [0, 0.1) is 5.92 Å². The van der Waals surface area contributed by atoms with Crippen molar-refractivity contribution in [2.24, 2.45) is 16.8 Å². The molecule has 0 atom stereocenters. The fourth-order valence-electron chi connectivity index (χ4n) is 2.12. The standard InChI is InChI=1S/C14H20BrN3O/c1-9(2)18(8-10-3-4-10)13-6-5-11(7-12(13)15)14(16)17-19/h5-7,9-10,19H,3-4,8H2,1-2H3,(H2,16,17). The lowest BCUT2D eigenvalue weighted by atomic mass is 10.1. The van der Waals surface area contributed by atoms with Crippen LogP contribution >= 0.6 is 15.9 Å². The number of nitrogens with zero attached hydrogens (tertiary/aromatic N) is 2. The first-order valence-corrected chi connectivity index (χ1v) is 7.36. The maximum Gasteiger partial charge on any atom is 0.170 e. The number of benzene rings is 1. The van der Waals surface area contributed by atoms with Gasteiger partial charge >= 0.3 is 0 Å². The Labute approximate surface area is 122 Å². The first-order chi connectivity index (χ1) is 9.02. The molecule has 0 amide bonds. The van der Waals surface area contributed by atoms with Crippen LogP contribution < -0.4 is 10.6 Å². The summed E-state index contributed by atoms with van der Waals surface area (Å²) in [5.41, 5.74) is 7.48. The van der Waals surface area contributed by atoms with Crippen LogP contribution in [0.3, 0.4) is 0 Å². The molecule has 5 heteroatoms. The van der Waals surface area contributed by atoms with Crippen LogP contribution in [0.5, 0.6) is 0 Å². The van der Waals surface area contributed by atoms with Crippen molar-refractivity contribution in [3.8, 4) is 0 Å². The van der Waals surface area contributed by atoms with Gasteiger partial charge in [-0.1, -0.05) is 5.16 Å². The highest BCUT2D eigenvalue weighted by Crippen LogP contribution is 2.35. The number of nitrogens with two attached hydrogens (primary N) is 1. The molecule has 1 aromatic rings. The van der Waals surface area contributed by atoms with Gasteiger partial charge in [-0.05, 0) is 66.7 Å². The fraction of sp³-hybridized carbons (Fsp3) is 0.500. The van der Waals surface area contributed by atoms with Gasteiger partial charge < -0.3 is 15.8 Å². The van der Waals surface area contributed by atoms with E-state index in [1.165, 1.54) is 12.8 Å². The van der Waals surface area contributed by atoms with Crippen molar-refractivity contribution in [3.05, 3.63) is 28.2 Å². The van der Waals surface area contributed by atoms with E-state index in [0.717, 1.165) is 22.6 Å². The number of hydrogen-bond donors (Lipinski definition) is 2. The molecular formula is C14H20BrN3O. The van der Waals surface area contributed by atoms with Gasteiger partial charge in [-0.3, -0.25) is 0 Å². The summed E-state index contributed by atoms with van der Waals surface area (Å²) in [4.78, 5) is 2.40. The number of halogens is 1. The van der Waals surface area contributed by atoms with E-state index in [1.807, 2.05) is 18.2 Å². The molecule has 0 heterocycles. The Bertz CT molecular complexity index is 484. The molecule has 4 nitrogen and oxygen atoms in total. The molecule has 0 saturated heterocycles. The van der Waals surface area contributed by atoms with Gasteiger partial charge in [-0.25, -0.2) is 0 Å². The molecule has 104 valence electrons. The summed E-state index contributed by atoms with van der Waals surface area (Å²) in [6.45, 7) is 5.50. The molecule has 0 unspecified atom stereocenters. The van der Waals surface area contributed by atoms with Gasteiger partial charge in [-0.15, -0.1) is 0 Å². The van der Waals surface area contributed by atoms with Gasteiger partial charge in [0.1, 0.15) is 0 Å². The molecule has 1 saturated carbocycles. The number of amidine groups is 1. The first kappa shape index (κ1) is 14.2. The minimum absolute atomic E-state index is 0.130. The van der Waals surface area contributed by atoms with E-state index in [9.17, 15) is 0 Å². The number of hydrogen-bond acceptors (Lipinski definition) is 3. The molecule has 1 fully saturated rings. The van der Waals surface area contributed by atoms with Crippen LogP contribution in [-0.2, 0) is 0 Å². The second-order valence-corrected chi connectivity index (χ2v) is 6.20. The molecule has 19 heavy (non-hydrogen) atoms. The number of oxime groups is 1. The normalized spacial score (nSPS) is 15.9. The highest BCUT2D eigenvalue weighted by molar-refractivity contribution is 9.10. The lowest BCUT2D eigenvalue weighted by Gasteiger charge is -2.30. The topological polar surface area (TPSA) is 61.8 Å². The van der Waals surface area contributed by atoms with E-state index in [4.69, 9.17) is 10.9 Å². The van der Waals surface area contributed by atoms with Crippen LogP contribution in [0.25, 0.3) is 0 Å². The molecule has 0 aromatic heterocycles. The predicted octanol–water partition coefficient (Wildman–Crippen LogP) is 3.17. The zero-order valence-corrected chi connectivity index (χ0v) is 12.9. The van der Waals surface area contributed by atoms with Crippen molar-refractivity contribution in [3.63, 3.8) is 0 Å². The minimum Gasteiger partial charge on any atom is -0.409 e. The summed E-state index contributed by atoms with van der Waals surface area (Å²) < 4.78 is 0.978. The first-order valence-electron chi connectivity index (χ1n) is 6.57. The van der Waals surface area contributed by atoms with Crippen LogP contribution in [0.1, 0.15) is 32.3 Å². The Morgan fingerprint density at radius 3 is 2.68 bits per heavy atom. The van der Waals surface area contributed by atoms with Gasteiger partial charge in [0.15, 0.2) is 5.84 Å². The van der Waals surface area contributed by atoms with E-state index in [0.29, 0.717) is 11.6 Å². The molecule has 0 spiro atoms. The zero-order chi connectivity index (χ0) is 14.0. The van der Waals surface area contributed by atoms with Gasteiger partial charge in [0.25, 0.3) is 0 Å². The predicted molar refractivity (Wildman–Crippen MR) is 81.9 cm³/mol. The minimum atomic E-state index is 0.130. The van der Waals surface area contributed by atoms with Crippen molar-refractivity contribution >= 4 is 27.5 Å². The van der Waals surface area contributed by atoms with Crippen molar-refractivity contribution in [2.75, 3.05) is 11.4 Å². The van der Waals surface area contributed by atoms with Gasteiger partial charge in [0, 0.05) is 22.6 Å². The highest BCUT2D eigenvalue weighted by Gasteiger charge is 2.26. The van der Waals surface area contributed by atoms with Gasteiger partial charge in [-0.2, -0.15) is 0 Å². The molecule has 0 radical (unpaired) electrons. The number of rotatable bonds is 5. The smallest absolute Gasteiger partial charge is 0.170 e. The van der Waals surface area contributed by atoms with Crippen LogP contribution in [0.4, 0.5) is 5.69 Å². The SMILES string of the molecule is CC(C)N(CC1CC1)c1ccc(/C(N)=N/O)cc1Br. The molecule has 2 rings (SSSR count). The summed E-state index contributed by atoms with van der Waals surface area (Å²) in [6, 6.07) is 6.26. The Morgan fingerprint density at radius 1 is 1.53 bits per heavy atom. The zero-order valence-electron chi connectivity index (χ0n) is 11.3. The molecular weight excluding hydrogens is 306 g/mol. The second-order valence-electron chi connectivity index (χ2n) is 5.34. The fourth-order valence-corrected chi connectivity index (χ4v) is 2.73. The third kappa shape index (κ3) is 3.41. The lowest BCUT2D eigenvalue weighted by molar-refractivity contribution is 0.318. The third-order valence-corrected chi connectivity index (χ3v) is 4.07. The lowest BCUT2D eigenvalue weighted by Crippen LogP contribution is -2.33. The molecule has 0 aliphatic heterocycles. The average molecular weight is 326 g/mol. The molecule has 1 aromatic carbocycles. The Balaban J connectivity index is 2.26. The Hall–Kier alpha value is -1.23. The largest absolute Gasteiger partial charge is 0.409 e. The molecule has 3 N–H and O–H groups in total. The number of anilines is 1. The van der Waals surface area contributed by atoms with Gasteiger partial charge in [0.2, 0.25) is 0 Å². The average Bonchev–Trinajstić information content (AvgIpc) is 3.19. The van der Waals surface area contributed by atoms with Crippen LogP contribution in [0.15, 0.2) is 27.8 Å². The Morgan fingerprint density at radius 2 is 2.21 bits per heavy atom. The van der Waals surface area contributed by atoms with Crippen molar-refractivity contribution in [2.45, 2.75) is 32.7 Å². The van der Waals surface area contributed by atoms with Crippen LogP contribution in [0.2, 0.25) is 0 Å². The van der Waals surface area contributed by atoms with E-state index in [-0.39, 0.29) is 5.84 Å². The highest BCUT2D eigenvalue weighted by atomic mass is 79.9. The Kier molecular flexibility index (Phi) is 4.34. The van der Waals surface area contributed by atoms with E-state index in [2.05, 4.69) is 39.8 Å². The van der Waals surface area contributed by atoms with Crippen molar-refractivity contribution in [1.29, 1.82) is 0 Å². The van der Waals surface area contributed by atoms with Crippen molar-refractivity contribution < 1.29 is 5.21 Å². The summed E-state index contributed by atoms with van der Waals surface area (Å²) in [5.74, 6) is 0.962. The van der Waals surface area contributed by atoms with E-state index in [1.54, 1.807) is 0 Å². The summed E-state index contributed by atoms with van der Waals surface area (Å²) >= 11 is 3.59.